The van der Waals surface area contributed by atoms with Crippen molar-refractivity contribution in [1.82, 2.24) is 20.2 Å². The summed E-state index contributed by atoms with van der Waals surface area (Å²) in [7, 11) is 0. The molecule has 0 saturated carbocycles. The largest absolute Gasteiger partial charge is 0.264 e. The van der Waals surface area contributed by atoms with Gasteiger partial charge < -0.3 is 0 Å². The third kappa shape index (κ3) is 3.18. The number of H-pyrrole nitrogens is 1. The number of benzene rings is 1. The van der Waals surface area contributed by atoms with Crippen LogP contribution in [0, 0.1) is 0 Å². The van der Waals surface area contributed by atoms with Gasteiger partial charge in [0.15, 0.2) is 5.82 Å². The second kappa shape index (κ2) is 6.07. The van der Waals surface area contributed by atoms with Crippen molar-refractivity contribution < 1.29 is 0 Å². The molecular weight excluding hydrogens is 292 g/mol. The summed E-state index contributed by atoms with van der Waals surface area (Å²) >= 11 is 7.44. The second-order valence-electron chi connectivity index (χ2n) is 4.12. The Morgan fingerprint density at radius 2 is 2.00 bits per heavy atom. The van der Waals surface area contributed by atoms with Gasteiger partial charge >= 0.3 is 0 Å². The van der Waals surface area contributed by atoms with E-state index in [9.17, 15) is 0 Å². The normalized spacial score (nSPS) is 10.7. The van der Waals surface area contributed by atoms with Crippen molar-refractivity contribution in [1.29, 1.82) is 0 Å². The Labute approximate surface area is 125 Å². The quantitative estimate of drug-likeness (QED) is 0.745. The van der Waals surface area contributed by atoms with Crippen LogP contribution in [-0.2, 0) is 5.75 Å². The average Bonchev–Trinajstić information content (AvgIpc) is 2.96. The molecule has 0 radical (unpaired) electrons. The molecule has 6 heteroatoms. The molecule has 0 atom stereocenters. The van der Waals surface area contributed by atoms with E-state index in [1.165, 1.54) is 0 Å². The van der Waals surface area contributed by atoms with Crippen LogP contribution in [0.4, 0.5) is 0 Å². The Bertz CT molecular complexity index is 682. The first-order valence-electron chi connectivity index (χ1n) is 6.01. The first kappa shape index (κ1) is 13.1. The molecule has 3 aromatic rings. The van der Waals surface area contributed by atoms with E-state index in [0.29, 0.717) is 5.02 Å². The van der Waals surface area contributed by atoms with Crippen molar-refractivity contribution in [3.8, 4) is 11.4 Å². The van der Waals surface area contributed by atoms with Crippen LogP contribution in [-0.4, -0.2) is 20.2 Å². The van der Waals surface area contributed by atoms with E-state index in [1.807, 2.05) is 42.6 Å². The SMILES string of the molecule is Clc1ccc(-c2nc(SCc3cccnc3)n[nH]2)cc1. The number of nitrogens with one attached hydrogen (secondary N) is 1. The third-order valence-corrected chi connectivity index (χ3v) is 3.84. The highest BCUT2D eigenvalue weighted by Gasteiger charge is 2.06. The fraction of sp³-hybridized carbons (Fsp3) is 0.0714. The van der Waals surface area contributed by atoms with Crippen molar-refractivity contribution in [2.24, 2.45) is 0 Å². The van der Waals surface area contributed by atoms with E-state index >= 15 is 0 Å². The molecule has 4 nitrogen and oxygen atoms in total. The van der Waals surface area contributed by atoms with Crippen LogP contribution < -0.4 is 0 Å². The Balaban J connectivity index is 1.69. The van der Waals surface area contributed by atoms with Crippen LogP contribution in [0.15, 0.2) is 53.9 Å². The molecule has 20 heavy (non-hydrogen) atoms. The summed E-state index contributed by atoms with van der Waals surface area (Å²) in [5, 5.41) is 8.57. The van der Waals surface area contributed by atoms with Crippen LogP contribution in [0.25, 0.3) is 11.4 Å². The molecule has 0 bridgehead atoms. The van der Waals surface area contributed by atoms with Gasteiger partial charge in [-0.05, 0) is 35.9 Å². The highest BCUT2D eigenvalue weighted by Crippen LogP contribution is 2.22. The topological polar surface area (TPSA) is 54.5 Å². The number of aromatic amines is 1. The van der Waals surface area contributed by atoms with Gasteiger partial charge in [0.2, 0.25) is 5.16 Å². The summed E-state index contributed by atoms with van der Waals surface area (Å²) in [5.41, 5.74) is 2.12. The Hall–Kier alpha value is -1.85. The molecule has 0 amide bonds. The smallest absolute Gasteiger partial charge is 0.209 e. The molecule has 0 spiro atoms. The van der Waals surface area contributed by atoms with E-state index in [0.717, 1.165) is 27.9 Å². The van der Waals surface area contributed by atoms with Gasteiger partial charge in [-0.2, -0.15) is 0 Å². The van der Waals surface area contributed by atoms with Crippen LogP contribution in [0.3, 0.4) is 0 Å². The maximum absolute atomic E-state index is 5.87. The summed E-state index contributed by atoms with van der Waals surface area (Å²) < 4.78 is 0. The minimum absolute atomic E-state index is 0.708. The number of pyridine rings is 1. The molecule has 0 saturated heterocycles. The molecule has 100 valence electrons. The van der Waals surface area contributed by atoms with E-state index in [-0.39, 0.29) is 0 Å². The maximum Gasteiger partial charge on any atom is 0.209 e. The van der Waals surface area contributed by atoms with Crippen molar-refractivity contribution in [2.75, 3.05) is 0 Å². The fourth-order valence-corrected chi connectivity index (χ4v) is 2.54. The number of thioether (sulfide) groups is 1. The molecule has 3 rings (SSSR count). The Kier molecular flexibility index (Phi) is 3.99. The van der Waals surface area contributed by atoms with Crippen LogP contribution in [0.1, 0.15) is 5.56 Å². The predicted octanol–water partition coefficient (Wildman–Crippen LogP) is 3.81. The lowest BCUT2D eigenvalue weighted by molar-refractivity contribution is 0.973. The van der Waals surface area contributed by atoms with Gasteiger partial charge in [-0.1, -0.05) is 29.4 Å². The van der Waals surface area contributed by atoms with Crippen LogP contribution in [0.5, 0.6) is 0 Å². The first-order chi connectivity index (χ1) is 9.81. The zero-order valence-electron chi connectivity index (χ0n) is 10.5. The third-order valence-electron chi connectivity index (χ3n) is 2.67. The van der Waals surface area contributed by atoms with Gasteiger partial charge in [0.25, 0.3) is 0 Å². The van der Waals surface area contributed by atoms with E-state index in [1.54, 1.807) is 18.0 Å². The van der Waals surface area contributed by atoms with Crippen LogP contribution >= 0.6 is 23.4 Å². The second-order valence-corrected chi connectivity index (χ2v) is 5.50. The lowest BCUT2D eigenvalue weighted by Gasteiger charge is -1.96. The van der Waals surface area contributed by atoms with E-state index in [2.05, 4.69) is 20.2 Å². The lowest BCUT2D eigenvalue weighted by atomic mass is 10.2. The highest BCUT2D eigenvalue weighted by molar-refractivity contribution is 7.98. The number of nitrogens with zero attached hydrogens (tertiary/aromatic N) is 3. The van der Waals surface area contributed by atoms with Crippen molar-refractivity contribution in [3.05, 3.63) is 59.4 Å². The molecule has 2 heterocycles. The molecule has 1 aromatic carbocycles. The summed E-state index contributed by atoms with van der Waals surface area (Å²) in [4.78, 5) is 8.54. The van der Waals surface area contributed by atoms with Crippen molar-refractivity contribution in [3.63, 3.8) is 0 Å². The molecule has 0 aliphatic carbocycles. The molecule has 0 unspecified atom stereocenters. The number of hydrogen-bond acceptors (Lipinski definition) is 4. The van der Waals surface area contributed by atoms with Crippen LogP contribution in [0.2, 0.25) is 5.02 Å². The van der Waals surface area contributed by atoms with Gasteiger partial charge in [0, 0.05) is 28.7 Å². The molecule has 0 aliphatic heterocycles. The monoisotopic (exact) mass is 302 g/mol. The molecule has 1 N–H and O–H groups in total. The Morgan fingerprint density at radius 3 is 2.75 bits per heavy atom. The van der Waals surface area contributed by atoms with Gasteiger partial charge in [0.1, 0.15) is 0 Å². The van der Waals surface area contributed by atoms with Crippen molar-refractivity contribution in [2.45, 2.75) is 10.9 Å². The summed E-state index contributed by atoms with van der Waals surface area (Å²) in [6.45, 7) is 0. The molecule has 2 aromatic heterocycles. The van der Waals surface area contributed by atoms with Crippen molar-refractivity contribution >= 4 is 23.4 Å². The minimum Gasteiger partial charge on any atom is -0.264 e. The maximum atomic E-state index is 5.87. The van der Waals surface area contributed by atoms with Gasteiger partial charge in [-0.25, -0.2) is 4.98 Å². The summed E-state index contributed by atoms with van der Waals surface area (Å²) in [6.07, 6.45) is 3.61. The van der Waals surface area contributed by atoms with E-state index < -0.39 is 0 Å². The van der Waals surface area contributed by atoms with Gasteiger partial charge in [-0.15, -0.1) is 5.10 Å². The molecular formula is C14H11ClN4S. The van der Waals surface area contributed by atoms with Gasteiger partial charge in [0.05, 0.1) is 0 Å². The standard InChI is InChI=1S/C14H11ClN4S/c15-12-5-3-11(4-6-12)13-17-14(19-18-13)20-9-10-2-1-7-16-8-10/h1-8H,9H2,(H,17,18,19). The molecule has 0 fully saturated rings. The van der Waals surface area contributed by atoms with E-state index in [4.69, 9.17) is 11.6 Å². The van der Waals surface area contributed by atoms with Gasteiger partial charge in [-0.3, -0.25) is 10.1 Å². The first-order valence-corrected chi connectivity index (χ1v) is 7.38. The average molecular weight is 303 g/mol. The zero-order chi connectivity index (χ0) is 13.8. The summed E-state index contributed by atoms with van der Waals surface area (Å²) in [5.74, 6) is 1.54. The molecule has 0 aliphatic rings. The summed E-state index contributed by atoms with van der Waals surface area (Å²) in [6, 6.07) is 11.5. The fourth-order valence-electron chi connectivity index (χ4n) is 1.68. The minimum atomic E-state index is 0.708. The number of rotatable bonds is 4. The number of halogens is 1. The lowest BCUT2D eigenvalue weighted by Crippen LogP contribution is -1.83. The Morgan fingerprint density at radius 1 is 1.15 bits per heavy atom. The number of hydrogen-bond donors (Lipinski definition) is 1. The zero-order valence-corrected chi connectivity index (χ0v) is 12.0. The predicted molar refractivity (Wildman–Crippen MR) is 80.6 cm³/mol. The highest BCUT2D eigenvalue weighted by atomic mass is 35.5. The number of aromatic nitrogens is 4.